The SMILES string of the molecule is CN1CCCN(c2cc(C(F)(F)F)cc(NN)n2)CC1. The van der Waals surface area contributed by atoms with Crippen LogP contribution in [0.2, 0.25) is 0 Å². The zero-order chi connectivity index (χ0) is 14.8. The van der Waals surface area contributed by atoms with E-state index in [0.29, 0.717) is 18.9 Å². The molecule has 20 heavy (non-hydrogen) atoms. The van der Waals surface area contributed by atoms with E-state index < -0.39 is 11.7 Å². The molecule has 1 saturated heterocycles. The first-order chi connectivity index (χ1) is 9.40. The van der Waals surface area contributed by atoms with Crippen LogP contribution in [0.5, 0.6) is 0 Å². The summed E-state index contributed by atoms with van der Waals surface area (Å²) in [5.74, 6) is 5.54. The van der Waals surface area contributed by atoms with Gasteiger partial charge in [0.1, 0.15) is 11.6 Å². The summed E-state index contributed by atoms with van der Waals surface area (Å²) in [6, 6.07) is 1.99. The maximum Gasteiger partial charge on any atom is 0.416 e. The smallest absolute Gasteiger partial charge is 0.355 e. The molecular formula is C12H18F3N5. The molecule has 0 radical (unpaired) electrons. The first-order valence-corrected chi connectivity index (χ1v) is 6.39. The molecule has 0 spiro atoms. The molecule has 5 nitrogen and oxygen atoms in total. The molecule has 0 bridgehead atoms. The number of nitrogens with one attached hydrogen (secondary N) is 1. The molecule has 1 aliphatic heterocycles. The van der Waals surface area contributed by atoms with E-state index in [-0.39, 0.29) is 5.82 Å². The van der Waals surface area contributed by atoms with Crippen molar-refractivity contribution in [1.29, 1.82) is 0 Å². The van der Waals surface area contributed by atoms with Crippen molar-refractivity contribution in [2.24, 2.45) is 5.84 Å². The molecule has 1 aromatic rings. The van der Waals surface area contributed by atoms with Gasteiger partial charge in [0.2, 0.25) is 0 Å². The van der Waals surface area contributed by atoms with Crippen LogP contribution >= 0.6 is 0 Å². The molecular weight excluding hydrogens is 271 g/mol. The summed E-state index contributed by atoms with van der Waals surface area (Å²) >= 11 is 0. The predicted molar refractivity (Wildman–Crippen MR) is 71.4 cm³/mol. The lowest BCUT2D eigenvalue weighted by molar-refractivity contribution is -0.137. The Morgan fingerprint density at radius 1 is 1.20 bits per heavy atom. The highest BCUT2D eigenvalue weighted by Crippen LogP contribution is 2.32. The lowest BCUT2D eigenvalue weighted by atomic mass is 10.2. The number of likely N-dealkylation sites (N-methyl/N-ethyl adjacent to an activating group) is 1. The number of aromatic nitrogens is 1. The topological polar surface area (TPSA) is 57.4 Å². The van der Waals surface area contributed by atoms with Crippen LogP contribution in [0.3, 0.4) is 0 Å². The van der Waals surface area contributed by atoms with Gasteiger partial charge in [-0.2, -0.15) is 13.2 Å². The van der Waals surface area contributed by atoms with Gasteiger partial charge in [0, 0.05) is 19.6 Å². The fourth-order valence-electron chi connectivity index (χ4n) is 2.19. The van der Waals surface area contributed by atoms with Gasteiger partial charge in [0.05, 0.1) is 5.56 Å². The predicted octanol–water partition coefficient (Wildman–Crippen LogP) is 1.53. The third kappa shape index (κ3) is 3.51. The van der Waals surface area contributed by atoms with Gasteiger partial charge >= 0.3 is 6.18 Å². The molecule has 2 rings (SSSR count). The highest BCUT2D eigenvalue weighted by atomic mass is 19.4. The third-order valence-corrected chi connectivity index (χ3v) is 3.33. The lowest BCUT2D eigenvalue weighted by Gasteiger charge is -2.23. The van der Waals surface area contributed by atoms with Crippen LogP contribution in [0.15, 0.2) is 12.1 Å². The van der Waals surface area contributed by atoms with Crippen molar-refractivity contribution in [1.82, 2.24) is 9.88 Å². The van der Waals surface area contributed by atoms with E-state index in [1.807, 2.05) is 11.9 Å². The number of rotatable bonds is 2. The molecule has 0 amide bonds. The lowest BCUT2D eigenvalue weighted by Crippen LogP contribution is -2.30. The Bertz CT molecular complexity index is 463. The first kappa shape index (κ1) is 14.9. The zero-order valence-electron chi connectivity index (χ0n) is 11.2. The van der Waals surface area contributed by atoms with Crippen molar-refractivity contribution in [3.63, 3.8) is 0 Å². The number of hydrogen-bond acceptors (Lipinski definition) is 5. The quantitative estimate of drug-likeness (QED) is 0.639. The van der Waals surface area contributed by atoms with Crippen molar-refractivity contribution in [2.75, 3.05) is 43.6 Å². The van der Waals surface area contributed by atoms with E-state index >= 15 is 0 Å². The minimum Gasteiger partial charge on any atom is -0.355 e. The molecule has 3 N–H and O–H groups in total. The van der Waals surface area contributed by atoms with Crippen LogP contribution in [0.25, 0.3) is 0 Å². The summed E-state index contributed by atoms with van der Waals surface area (Å²) in [5.41, 5.74) is 1.45. The minimum absolute atomic E-state index is 0.0208. The monoisotopic (exact) mass is 289 g/mol. The Hall–Kier alpha value is -1.54. The second kappa shape index (κ2) is 5.84. The molecule has 1 fully saturated rings. The number of hydrogen-bond donors (Lipinski definition) is 2. The van der Waals surface area contributed by atoms with Crippen LogP contribution < -0.4 is 16.2 Å². The summed E-state index contributed by atoms with van der Waals surface area (Å²) in [4.78, 5) is 8.14. The second-order valence-electron chi connectivity index (χ2n) is 4.89. The van der Waals surface area contributed by atoms with Gasteiger partial charge in [0.15, 0.2) is 0 Å². The van der Waals surface area contributed by atoms with E-state index in [4.69, 9.17) is 5.84 Å². The van der Waals surface area contributed by atoms with Gasteiger partial charge in [-0.15, -0.1) is 0 Å². The van der Waals surface area contributed by atoms with Crippen LogP contribution in [-0.2, 0) is 6.18 Å². The van der Waals surface area contributed by atoms with Crippen LogP contribution in [0.4, 0.5) is 24.8 Å². The van der Waals surface area contributed by atoms with Crippen molar-refractivity contribution < 1.29 is 13.2 Å². The summed E-state index contributed by atoms with van der Waals surface area (Å²) in [5, 5.41) is 0. The molecule has 0 atom stereocenters. The fraction of sp³-hybridized carbons (Fsp3) is 0.583. The fourth-order valence-corrected chi connectivity index (χ4v) is 2.19. The normalized spacial score (nSPS) is 17.9. The number of hydrazine groups is 1. The molecule has 2 heterocycles. The van der Waals surface area contributed by atoms with Gasteiger partial charge in [-0.05, 0) is 32.1 Å². The molecule has 0 aliphatic carbocycles. The van der Waals surface area contributed by atoms with E-state index in [0.717, 1.165) is 31.6 Å². The Morgan fingerprint density at radius 3 is 2.60 bits per heavy atom. The number of anilines is 2. The number of pyridine rings is 1. The van der Waals surface area contributed by atoms with Gasteiger partial charge in [0.25, 0.3) is 0 Å². The molecule has 1 aromatic heterocycles. The molecule has 0 unspecified atom stereocenters. The first-order valence-electron chi connectivity index (χ1n) is 6.39. The maximum absolute atomic E-state index is 12.9. The molecule has 8 heteroatoms. The summed E-state index contributed by atoms with van der Waals surface area (Å²) in [6.07, 6.45) is -3.52. The highest BCUT2D eigenvalue weighted by molar-refractivity contribution is 5.51. The van der Waals surface area contributed by atoms with Crippen LogP contribution in [0, 0.1) is 0 Å². The third-order valence-electron chi connectivity index (χ3n) is 3.33. The largest absolute Gasteiger partial charge is 0.416 e. The van der Waals surface area contributed by atoms with Gasteiger partial charge in [-0.1, -0.05) is 0 Å². The average Bonchev–Trinajstić information content (AvgIpc) is 2.62. The molecule has 0 saturated carbocycles. The summed E-state index contributed by atoms with van der Waals surface area (Å²) in [6.45, 7) is 3.05. The van der Waals surface area contributed by atoms with E-state index in [9.17, 15) is 13.2 Å². The van der Waals surface area contributed by atoms with Crippen LogP contribution in [0.1, 0.15) is 12.0 Å². The number of halogens is 3. The van der Waals surface area contributed by atoms with E-state index in [1.165, 1.54) is 0 Å². The van der Waals surface area contributed by atoms with E-state index in [2.05, 4.69) is 15.3 Å². The maximum atomic E-state index is 12.9. The zero-order valence-corrected chi connectivity index (χ0v) is 11.2. The number of alkyl halides is 3. The Balaban J connectivity index is 2.30. The Kier molecular flexibility index (Phi) is 4.34. The number of nitrogens with two attached hydrogens (primary N) is 1. The van der Waals surface area contributed by atoms with Crippen molar-refractivity contribution in [2.45, 2.75) is 12.6 Å². The van der Waals surface area contributed by atoms with Crippen LogP contribution in [-0.4, -0.2) is 43.1 Å². The van der Waals surface area contributed by atoms with Gasteiger partial charge in [-0.3, -0.25) is 0 Å². The summed E-state index contributed by atoms with van der Waals surface area (Å²) in [7, 11) is 2.00. The average molecular weight is 289 g/mol. The molecule has 0 aromatic carbocycles. The van der Waals surface area contributed by atoms with Crippen molar-refractivity contribution in [3.05, 3.63) is 17.7 Å². The summed E-state index contributed by atoms with van der Waals surface area (Å²) < 4.78 is 38.6. The minimum atomic E-state index is -4.41. The van der Waals surface area contributed by atoms with Crippen molar-refractivity contribution >= 4 is 11.6 Å². The second-order valence-corrected chi connectivity index (χ2v) is 4.89. The molecule has 112 valence electrons. The van der Waals surface area contributed by atoms with Gasteiger partial charge < -0.3 is 15.2 Å². The van der Waals surface area contributed by atoms with E-state index in [1.54, 1.807) is 0 Å². The van der Waals surface area contributed by atoms with Gasteiger partial charge in [-0.25, -0.2) is 10.8 Å². The Labute approximate surface area is 115 Å². The number of nitrogens with zero attached hydrogens (tertiary/aromatic N) is 3. The number of nitrogen functional groups attached to an aromatic ring is 1. The molecule has 1 aliphatic rings. The van der Waals surface area contributed by atoms with Crippen molar-refractivity contribution in [3.8, 4) is 0 Å². The Morgan fingerprint density at radius 2 is 1.95 bits per heavy atom. The standard InChI is InChI=1S/C12H18F3N5/c1-19-3-2-4-20(6-5-19)11-8-9(12(13,14)15)7-10(17-11)18-16/h7-8H,2-6,16H2,1H3,(H,17,18). The highest BCUT2D eigenvalue weighted by Gasteiger charge is 2.32.